The molecule has 5 heteroatoms. The Morgan fingerprint density at radius 2 is 1.62 bits per heavy atom. The molecule has 29 heavy (non-hydrogen) atoms. The number of anilines is 1. The predicted molar refractivity (Wildman–Crippen MR) is 117 cm³/mol. The van der Waals surface area contributed by atoms with Crippen molar-refractivity contribution in [2.45, 2.75) is 19.8 Å². The zero-order valence-electron chi connectivity index (χ0n) is 16.8. The predicted octanol–water partition coefficient (Wildman–Crippen LogP) is 4.98. The van der Waals surface area contributed by atoms with Gasteiger partial charge in [-0.15, -0.1) is 0 Å². The molecule has 0 radical (unpaired) electrons. The average Bonchev–Trinajstić information content (AvgIpc) is 3.41. The maximum Gasteiger partial charge on any atom is 0.166 e. The quantitative estimate of drug-likeness (QED) is 0.498. The van der Waals surface area contributed by atoms with Gasteiger partial charge in [0.05, 0.1) is 18.5 Å². The topological polar surface area (TPSA) is 42.7 Å². The molecule has 1 aliphatic heterocycles. The van der Waals surface area contributed by atoms with Gasteiger partial charge in [-0.3, -0.25) is 0 Å². The van der Waals surface area contributed by atoms with E-state index in [1.807, 2.05) is 22.7 Å². The Balaban J connectivity index is 1.76. The molecule has 0 atom stereocenters. The third-order valence-corrected chi connectivity index (χ3v) is 5.63. The highest BCUT2D eigenvalue weighted by atomic mass is 16.5. The van der Waals surface area contributed by atoms with Crippen LogP contribution >= 0.6 is 0 Å². The number of hydrogen-bond donors (Lipinski definition) is 0. The second-order valence-corrected chi connectivity index (χ2v) is 7.48. The summed E-state index contributed by atoms with van der Waals surface area (Å²) in [6, 6.07) is 20.7. The van der Waals surface area contributed by atoms with E-state index in [-0.39, 0.29) is 0 Å². The van der Waals surface area contributed by atoms with Gasteiger partial charge in [-0.25, -0.2) is 9.50 Å². The Kier molecular flexibility index (Phi) is 4.43. The summed E-state index contributed by atoms with van der Waals surface area (Å²) >= 11 is 0. The fraction of sp³-hybridized carbons (Fsp3) is 0.250. The van der Waals surface area contributed by atoms with E-state index in [4.69, 9.17) is 14.8 Å². The van der Waals surface area contributed by atoms with Crippen molar-refractivity contribution < 1.29 is 4.74 Å². The lowest BCUT2D eigenvalue weighted by atomic mass is 10.1. The third-order valence-electron chi connectivity index (χ3n) is 5.63. The number of aryl methyl sites for hydroxylation is 1. The highest BCUT2D eigenvalue weighted by molar-refractivity contribution is 5.83. The van der Waals surface area contributed by atoms with Gasteiger partial charge in [0.2, 0.25) is 0 Å². The number of nitrogens with zero attached hydrogens (tertiary/aromatic N) is 4. The molecule has 1 aliphatic rings. The Morgan fingerprint density at radius 1 is 0.897 bits per heavy atom. The summed E-state index contributed by atoms with van der Waals surface area (Å²) in [5.41, 5.74) is 6.26. The molecular weight excluding hydrogens is 360 g/mol. The van der Waals surface area contributed by atoms with Gasteiger partial charge >= 0.3 is 0 Å². The van der Waals surface area contributed by atoms with Crippen molar-refractivity contribution in [1.82, 2.24) is 14.6 Å². The Hall–Kier alpha value is -3.34. The fourth-order valence-electron chi connectivity index (χ4n) is 4.13. The van der Waals surface area contributed by atoms with Gasteiger partial charge in [0.25, 0.3) is 0 Å². The van der Waals surface area contributed by atoms with E-state index >= 15 is 0 Å². The molecule has 3 heterocycles. The average molecular weight is 384 g/mol. The van der Waals surface area contributed by atoms with Crippen molar-refractivity contribution in [3.8, 4) is 28.1 Å². The molecule has 0 N–H and O–H groups in total. The maximum absolute atomic E-state index is 5.32. The Bertz CT molecular complexity index is 1140. The van der Waals surface area contributed by atoms with E-state index < -0.39 is 0 Å². The van der Waals surface area contributed by atoms with Crippen LogP contribution in [-0.2, 0) is 0 Å². The molecule has 0 spiro atoms. The standard InChI is InChI=1S/C24H24N4O/c1-17-23(19-10-12-20(29-2)13-11-19)24-25-22(27-14-6-7-15-27)16-21(28(24)26-17)18-8-4-3-5-9-18/h3-5,8-13,16H,6-7,14-15H2,1-2H3. The first-order valence-corrected chi connectivity index (χ1v) is 10.1. The number of benzene rings is 2. The maximum atomic E-state index is 5.32. The van der Waals surface area contributed by atoms with E-state index in [2.05, 4.69) is 54.3 Å². The van der Waals surface area contributed by atoms with Crippen LogP contribution in [-0.4, -0.2) is 34.8 Å². The van der Waals surface area contributed by atoms with Gasteiger partial charge in [0.15, 0.2) is 5.65 Å². The zero-order valence-corrected chi connectivity index (χ0v) is 16.8. The molecule has 146 valence electrons. The number of ether oxygens (including phenoxy) is 1. The molecule has 2 aromatic carbocycles. The first-order chi connectivity index (χ1) is 14.2. The van der Waals surface area contributed by atoms with Crippen LogP contribution in [0.1, 0.15) is 18.5 Å². The lowest BCUT2D eigenvalue weighted by molar-refractivity contribution is 0.415. The monoisotopic (exact) mass is 384 g/mol. The first-order valence-electron chi connectivity index (χ1n) is 10.1. The molecular formula is C24H24N4O. The summed E-state index contributed by atoms with van der Waals surface area (Å²) in [6.45, 7) is 4.17. The van der Waals surface area contributed by atoms with Gasteiger partial charge in [-0.2, -0.15) is 5.10 Å². The summed E-state index contributed by atoms with van der Waals surface area (Å²) in [5, 5.41) is 4.88. The number of hydrogen-bond acceptors (Lipinski definition) is 4. The van der Waals surface area contributed by atoms with Gasteiger partial charge in [0, 0.05) is 30.3 Å². The lowest BCUT2D eigenvalue weighted by Gasteiger charge is -2.18. The van der Waals surface area contributed by atoms with Crippen molar-refractivity contribution >= 4 is 11.5 Å². The van der Waals surface area contributed by atoms with E-state index in [9.17, 15) is 0 Å². The molecule has 0 saturated carbocycles. The molecule has 2 aromatic heterocycles. The highest BCUT2D eigenvalue weighted by Crippen LogP contribution is 2.34. The van der Waals surface area contributed by atoms with E-state index in [1.165, 1.54) is 12.8 Å². The molecule has 0 unspecified atom stereocenters. The molecule has 4 aromatic rings. The molecule has 0 aliphatic carbocycles. The Labute approximate surface area is 170 Å². The van der Waals surface area contributed by atoms with Crippen molar-refractivity contribution in [3.63, 3.8) is 0 Å². The third kappa shape index (κ3) is 3.12. The Morgan fingerprint density at radius 3 is 2.31 bits per heavy atom. The minimum Gasteiger partial charge on any atom is -0.497 e. The minimum atomic E-state index is 0.846. The van der Waals surface area contributed by atoms with Crippen LogP contribution in [0.25, 0.3) is 28.0 Å². The summed E-state index contributed by atoms with van der Waals surface area (Å²) < 4.78 is 7.31. The van der Waals surface area contributed by atoms with Crippen LogP contribution in [0, 0.1) is 6.92 Å². The highest BCUT2D eigenvalue weighted by Gasteiger charge is 2.21. The lowest BCUT2D eigenvalue weighted by Crippen LogP contribution is -2.19. The fourth-order valence-corrected chi connectivity index (χ4v) is 4.13. The molecule has 1 fully saturated rings. The number of methoxy groups -OCH3 is 1. The van der Waals surface area contributed by atoms with Gasteiger partial charge in [0.1, 0.15) is 11.6 Å². The first kappa shape index (κ1) is 17.7. The molecule has 0 amide bonds. The minimum absolute atomic E-state index is 0.846. The van der Waals surface area contributed by atoms with Crippen LogP contribution in [0.4, 0.5) is 5.82 Å². The van der Waals surface area contributed by atoms with Crippen LogP contribution in [0.5, 0.6) is 5.75 Å². The van der Waals surface area contributed by atoms with Crippen molar-refractivity contribution in [1.29, 1.82) is 0 Å². The van der Waals surface area contributed by atoms with Crippen molar-refractivity contribution in [2.24, 2.45) is 0 Å². The molecule has 1 saturated heterocycles. The van der Waals surface area contributed by atoms with Crippen LogP contribution < -0.4 is 9.64 Å². The summed E-state index contributed by atoms with van der Waals surface area (Å²) in [5.74, 6) is 1.88. The number of rotatable bonds is 4. The number of fused-ring (bicyclic) bond motifs is 1. The van der Waals surface area contributed by atoms with Crippen LogP contribution in [0.15, 0.2) is 60.7 Å². The molecule has 5 rings (SSSR count). The second-order valence-electron chi connectivity index (χ2n) is 7.48. The van der Waals surface area contributed by atoms with Gasteiger partial charge < -0.3 is 9.64 Å². The summed E-state index contributed by atoms with van der Waals surface area (Å²) in [4.78, 5) is 7.46. The number of aromatic nitrogens is 3. The normalized spacial score (nSPS) is 13.9. The molecule has 5 nitrogen and oxygen atoms in total. The van der Waals surface area contributed by atoms with Crippen molar-refractivity contribution in [3.05, 3.63) is 66.4 Å². The van der Waals surface area contributed by atoms with Gasteiger partial charge in [-0.1, -0.05) is 42.5 Å². The van der Waals surface area contributed by atoms with E-state index in [0.29, 0.717) is 0 Å². The second kappa shape index (κ2) is 7.24. The van der Waals surface area contributed by atoms with Crippen LogP contribution in [0.2, 0.25) is 0 Å². The van der Waals surface area contributed by atoms with E-state index in [0.717, 1.165) is 58.4 Å². The smallest absolute Gasteiger partial charge is 0.166 e. The summed E-state index contributed by atoms with van der Waals surface area (Å²) in [6.07, 6.45) is 2.44. The largest absolute Gasteiger partial charge is 0.497 e. The van der Waals surface area contributed by atoms with Crippen LogP contribution in [0.3, 0.4) is 0 Å². The van der Waals surface area contributed by atoms with Crippen molar-refractivity contribution in [2.75, 3.05) is 25.1 Å². The summed E-state index contributed by atoms with van der Waals surface area (Å²) in [7, 11) is 1.69. The zero-order chi connectivity index (χ0) is 19.8. The SMILES string of the molecule is COc1ccc(-c2c(C)nn3c(-c4ccccc4)cc(N4CCCC4)nc23)cc1. The molecule has 0 bridgehead atoms. The van der Waals surface area contributed by atoms with Gasteiger partial charge in [-0.05, 0) is 37.5 Å². The van der Waals surface area contributed by atoms with E-state index in [1.54, 1.807) is 7.11 Å².